The van der Waals surface area contributed by atoms with Crippen molar-refractivity contribution in [2.24, 2.45) is 11.8 Å². The summed E-state index contributed by atoms with van der Waals surface area (Å²) in [6.45, 7) is 13.6. The number of hydrogen-bond donors (Lipinski definition) is 2. The highest BCUT2D eigenvalue weighted by Crippen LogP contribution is 2.25. The highest BCUT2D eigenvalue weighted by atomic mass is 16.6. The van der Waals surface area contributed by atoms with E-state index < -0.39 is 29.7 Å². The Bertz CT molecular complexity index is 587. The zero-order valence-corrected chi connectivity index (χ0v) is 20.3. The standard InChI is InChI=1S/C22H38N2O5.CH4O/c1-8-9-11-15(2)14-16(3)18(23-21(27)29-22(4,5)6)19(25)24-13-10-12-17(24)20(26)28-7;1-2/h8,15-18H,1,9-14H2,2-7H3,(H,23,27);2H,1H3. The predicted octanol–water partition coefficient (Wildman–Crippen LogP) is 3.28. The van der Waals surface area contributed by atoms with Crippen molar-refractivity contribution in [2.45, 2.75) is 84.4 Å². The fraction of sp³-hybridized carbons (Fsp3) is 0.783. The number of aliphatic hydroxyl groups excluding tert-OH is 1. The number of esters is 1. The number of nitrogens with zero attached hydrogens (tertiary/aromatic N) is 1. The number of methoxy groups -OCH3 is 1. The second-order valence-electron chi connectivity index (χ2n) is 9.02. The van der Waals surface area contributed by atoms with Crippen LogP contribution < -0.4 is 5.32 Å². The molecule has 1 aliphatic heterocycles. The van der Waals surface area contributed by atoms with Gasteiger partial charge in [-0.3, -0.25) is 4.79 Å². The van der Waals surface area contributed by atoms with Crippen molar-refractivity contribution in [1.82, 2.24) is 10.2 Å². The molecule has 0 bridgehead atoms. The molecule has 8 heteroatoms. The lowest BCUT2D eigenvalue weighted by atomic mass is 9.88. The van der Waals surface area contributed by atoms with Gasteiger partial charge in [-0.05, 0) is 64.7 Å². The average molecular weight is 443 g/mol. The largest absolute Gasteiger partial charge is 0.467 e. The minimum atomic E-state index is -0.763. The molecule has 0 spiro atoms. The number of carbonyl (C=O) groups excluding carboxylic acids is 3. The second-order valence-corrected chi connectivity index (χ2v) is 9.02. The highest BCUT2D eigenvalue weighted by molar-refractivity contribution is 5.90. The fourth-order valence-electron chi connectivity index (χ4n) is 3.76. The minimum Gasteiger partial charge on any atom is -0.467 e. The minimum absolute atomic E-state index is 0.117. The number of rotatable bonds is 9. The average Bonchev–Trinajstić information content (AvgIpc) is 3.19. The van der Waals surface area contributed by atoms with Crippen molar-refractivity contribution >= 4 is 18.0 Å². The number of carbonyl (C=O) groups is 3. The summed E-state index contributed by atoms with van der Waals surface area (Å²) in [5.41, 5.74) is -0.666. The third-order valence-corrected chi connectivity index (χ3v) is 5.15. The van der Waals surface area contributed by atoms with Crippen LogP contribution >= 0.6 is 0 Å². The molecule has 8 nitrogen and oxygen atoms in total. The van der Waals surface area contributed by atoms with Gasteiger partial charge < -0.3 is 24.8 Å². The molecule has 0 saturated carbocycles. The molecule has 1 fully saturated rings. The van der Waals surface area contributed by atoms with E-state index in [9.17, 15) is 14.4 Å². The molecule has 2 N–H and O–H groups in total. The maximum atomic E-state index is 13.3. The van der Waals surface area contributed by atoms with Crippen molar-refractivity contribution in [1.29, 1.82) is 0 Å². The van der Waals surface area contributed by atoms with Crippen molar-refractivity contribution in [3.63, 3.8) is 0 Å². The van der Waals surface area contributed by atoms with Crippen LogP contribution in [0.5, 0.6) is 0 Å². The molecular weight excluding hydrogens is 400 g/mol. The summed E-state index contributed by atoms with van der Waals surface area (Å²) >= 11 is 0. The Morgan fingerprint density at radius 3 is 2.39 bits per heavy atom. The zero-order valence-electron chi connectivity index (χ0n) is 20.3. The van der Waals surface area contributed by atoms with Gasteiger partial charge in [0.2, 0.25) is 5.91 Å². The number of hydrogen-bond acceptors (Lipinski definition) is 6. The molecule has 1 rings (SSSR count). The molecule has 1 aliphatic rings. The van der Waals surface area contributed by atoms with Gasteiger partial charge in [-0.1, -0.05) is 19.9 Å². The van der Waals surface area contributed by atoms with Crippen LogP contribution in [0.1, 0.15) is 66.7 Å². The topological polar surface area (TPSA) is 105 Å². The molecule has 2 amide bonds. The van der Waals surface area contributed by atoms with E-state index in [1.807, 2.05) is 13.0 Å². The molecular formula is C23H42N2O6. The lowest BCUT2D eigenvalue weighted by Crippen LogP contribution is -2.55. The van der Waals surface area contributed by atoms with Gasteiger partial charge in [-0.25, -0.2) is 9.59 Å². The number of amides is 2. The van der Waals surface area contributed by atoms with Crippen LogP contribution in [0.15, 0.2) is 12.7 Å². The van der Waals surface area contributed by atoms with Gasteiger partial charge in [-0.2, -0.15) is 0 Å². The molecule has 0 aromatic rings. The summed E-state index contributed by atoms with van der Waals surface area (Å²) in [6.07, 6.45) is 5.19. The van der Waals surface area contributed by atoms with Crippen molar-refractivity contribution in [3.8, 4) is 0 Å². The van der Waals surface area contributed by atoms with Crippen molar-refractivity contribution in [3.05, 3.63) is 12.7 Å². The van der Waals surface area contributed by atoms with Crippen LogP contribution in [0, 0.1) is 11.8 Å². The third-order valence-electron chi connectivity index (χ3n) is 5.15. The van der Waals surface area contributed by atoms with Crippen LogP contribution in [0.25, 0.3) is 0 Å². The number of alkyl carbamates (subject to hydrolysis) is 1. The molecule has 0 aromatic heterocycles. The van der Waals surface area contributed by atoms with Gasteiger partial charge in [0.1, 0.15) is 17.7 Å². The molecule has 4 atom stereocenters. The van der Waals surface area contributed by atoms with Crippen LogP contribution in [0.4, 0.5) is 4.79 Å². The molecule has 180 valence electrons. The number of allylic oxidation sites excluding steroid dienone is 1. The van der Waals surface area contributed by atoms with E-state index in [2.05, 4.69) is 18.8 Å². The van der Waals surface area contributed by atoms with Gasteiger partial charge in [0, 0.05) is 13.7 Å². The quantitative estimate of drug-likeness (QED) is 0.419. The van der Waals surface area contributed by atoms with Crippen molar-refractivity contribution in [2.75, 3.05) is 20.8 Å². The zero-order chi connectivity index (χ0) is 24.2. The first-order valence-electron chi connectivity index (χ1n) is 10.9. The first kappa shape index (κ1) is 28.9. The lowest BCUT2D eigenvalue weighted by Gasteiger charge is -2.32. The fourth-order valence-corrected chi connectivity index (χ4v) is 3.76. The highest BCUT2D eigenvalue weighted by Gasteiger charge is 2.40. The number of likely N-dealkylation sites (tertiary alicyclic amines) is 1. The maximum Gasteiger partial charge on any atom is 0.408 e. The van der Waals surface area contributed by atoms with E-state index in [-0.39, 0.29) is 11.8 Å². The van der Waals surface area contributed by atoms with E-state index in [0.717, 1.165) is 32.8 Å². The van der Waals surface area contributed by atoms with Gasteiger partial charge >= 0.3 is 12.1 Å². The number of ether oxygens (including phenoxy) is 2. The van der Waals surface area contributed by atoms with E-state index in [1.165, 1.54) is 7.11 Å². The molecule has 31 heavy (non-hydrogen) atoms. The summed E-state index contributed by atoms with van der Waals surface area (Å²) in [6, 6.07) is -1.36. The Morgan fingerprint density at radius 2 is 1.87 bits per heavy atom. The van der Waals surface area contributed by atoms with Crippen LogP contribution in [0.2, 0.25) is 0 Å². The number of nitrogens with one attached hydrogen (secondary N) is 1. The lowest BCUT2D eigenvalue weighted by molar-refractivity contribution is -0.152. The Labute approximate surface area is 187 Å². The van der Waals surface area contributed by atoms with Gasteiger partial charge in [0.25, 0.3) is 0 Å². The van der Waals surface area contributed by atoms with E-state index >= 15 is 0 Å². The first-order valence-corrected chi connectivity index (χ1v) is 10.9. The first-order chi connectivity index (χ1) is 14.5. The van der Waals surface area contributed by atoms with Gasteiger partial charge in [0.15, 0.2) is 0 Å². The molecule has 0 aliphatic carbocycles. The molecule has 4 unspecified atom stereocenters. The van der Waals surface area contributed by atoms with E-state index in [0.29, 0.717) is 18.9 Å². The molecule has 0 aromatic carbocycles. The monoisotopic (exact) mass is 442 g/mol. The smallest absolute Gasteiger partial charge is 0.408 e. The Balaban J connectivity index is 0.00000436. The summed E-state index contributed by atoms with van der Waals surface area (Å²) in [7, 11) is 2.32. The Morgan fingerprint density at radius 1 is 1.26 bits per heavy atom. The maximum absolute atomic E-state index is 13.3. The Kier molecular flexibility index (Phi) is 13.1. The summed E-state index contributed by atoms with van der Waals surface area (Å²) in [4.78, 5) is 39.4. The van der Waals surface area contributed by atoms with Gasteiger partial charge in [-0.15, -0.1) is 6.58 Å². The molecule has 1 saturated heterocycles. The molecule has 0 radical (unpaired) electrons. The van der Waals surface area contributed by atoms with Crippen LogP contribution in [0.3, 0.4) is 0 Å². The summed E-state index contributed by atoms with van der Waals surface area (Å²) in [5, 5.41) is 9.76. The van der Waals surface area contributed by atoms with Crippen molar-refractivity contribution < 1.29 is 29.0 Å². The third kappa shape index (κ3) is 10.2. The second kappa shape index (κ2) is 14.1. The summed E-state index contributed by atoms with van der Waals surface area (Å²) in [5.74, 6) is -0.423. The predicted molar refractivity (Wildman–Crippen MR) is 120 cm³/mol. The summed E-state index contributed by atoms with van der Waals surface area (Å²) < 4.78 is 10.2. The van der Waals surface area contributed by atoms with Crippen LogP contribution in [-0.4, -0.2) is 66.4 Å². The van der Waals surface area contributed by atoms with E-state index in [4.69, 9.17) is 14.6 Å². The van der Waals surface area contributed by atoms with E-state index in [1.54, 1.807) is 25.7 Å². The SMILES string of the molecule is C=CCCC(C)CC(C)C(NC(=O)OC(C)(C)C)C(=O)N1CCCC1C(=O)OC.CO. The van der Waals surface area contributed by atoms with Crippen LogP contribution in [-0.2, 0) is 19.1 Å². The number of aliphatic hydroxyl groups is 1. The molecule has 1 heterocycles. The Hall–Kier alpha value is -2.09. The normalized spacial score (nSPS) is 18.7. The van der Waals surface area contributed by atoms with Gasteiger partial charge in [0.05, 0.1) is 7.11 Å².